The molecule has 0 heterocycles. The predicted molar refractivity (Wildman–Crippen MR) is 45.0 cm³/mol. The smallest absolute Gasteiger partial charge is 0.131 e. The van der Waals surface area contributed by atoms with Crippen molar-refractivity contribution < 1.29 is 13.9 Å². The molecule has 0 bridgehead atoms. The van der Waals surface area contributed by atoms with Gasteiger partial charge in [-0.05, 0) is 19.1 Å². The zero-order valence-electron chi connectivity index (χ0n) is 7.17. The molecule has 0 amide bonds. The number of aliphatic hydroxyl groups excluding tert-OH is 1. The molecule has 2 nitrogen and oxygen atoms in total. The second-order valence-electron chi connectivity index (χ2n) is 2.90. The van der Waals surface area contributed by atoms with E-state index in [1.807, 2.05) is 0 Å². The van der Waals surface area contributed by atoms with E-state index in [4.69, 9.17) is 10.8 Å². The van der Waals surface area contributed by atoms with Crippen LogP contribution in [0.3, 0.4) is 0 Å². The Kier molecular flexibility index (Phi) is 2.95. The van der Waals surface area contributed by atoms with Crippen LogP contribution in [-0.4, -0.2) is 11.2 Å². The average Bonchev–Trinajstić information content (AvgIpc) is 2.03. The molecule has 0 fully saturated rings. The molecular formula is C9H11F2NO. The molecule has 0 spiro atoms. The van der Waals surface area contributed by atoms with Crippen LogP contribution in [0.25, 0.3) is 0 Å². The molecule has 0 saturated carbocycles. The molecule has 0 aliphatic heterocycles. The van der Waals surface area contributed by atoms with Gasteiger partial charge < -0.3 is 10.8 Å². The average molecular weight is 187 g/mol. The first-order chi connectivity index (χ1) is 6.04. The first-order valence-corrected chi connectivity index (χ1v) is 3.91. The number of nitrogens with two attached hydrogens (primary N) is 1. The highest BCUT2D eigenvalue weighted by molar-refractivity contribution is 5.23. The van der Waals surface area contributed by atoms with E-state index >= 15 is 0 Å². The highest BCUT2D eigenvalue weighted by Gasteiger charge is 2.19. The summed E-state index contributed by atoms with van der Waals surface area (Å²) in [6, 6.07) is 2.45. The Hall–Kier alpha value is -1.00. The third-order valence-corrected chi connectivity index (χ3v) is 1.85. The highest BCUT2D eigenvalue weighted by atomic mass is 19.1. The van der Waals surface area contributed by atoms with Crippen LogP contribution in [0.15, 0.2) is 18.2 Å². The molecule has 0 unspecified atom stereocenters. The van der Waals surface area contributed by atoms with Crippen LogP contribution < -0.4 is 5.73 Å². The Balaban J connectivity index is 3.12. The van der Waals surface area contributed by atoms with Crippen LogP contribution in [0, 0.1) is 11.6 Å². The maximum atomic E-state index is 13.0. The number of hydrogen-bond donors (Lipinski definition) is 2. The lowest BCUT2D eigenvalue weighted by Crippen LogP contribution is -2.25. The van der Waals surface area contributed by atoms with Crippen LogP contribution in [0.4, 0.5) is 8.78 Å². The first kappa shape index (κ1) is 10.1. The summed E-state index contributed by atoms with van der Waals surface area (Å²) in [5, 5.41) is 9.06. The van der Waals surface area contributed by atoms with Crippen LogP contribution in [-0.2, 0) is 0 Å². The zero-order valence-corrected chi connectivity index (χ0v) is 7.17. The van der Waals surface area contributed by atoms with Gasteiger partial charge in [0.1, 0.15) is 11.6 Å². The van der Waals surface area contributed by atoms with Gasteiger partial charge in [-0.1, -0.05) is 6.07 Å². The molecule has 0 aromatic heterocycles. The summed E-state index contributed by atoms with van der Waals surface area (Å²) in [7, 11) is 0. The number of rotatable bonds is 2. The molecule has 0 radical (unpaired) electrons. The van der Waals surface area contributed by atoms with Crippen molar-refractivity contribution in [1.82, 2.24) is 0 Å². The van der Waals surface area contributed by atoms with Crippen molar-refractivity contribution in [1.29, 1.82) is 0 Å². The summed E-state index contributed by atoms with van der Waals surface area (Å²) >= 11 is 0. The Bertz CT molecular complexity index is 281. The molecular weight excluding hydrogens is 176 g/mol. The van der Waals surface area contributed by atoms with E-state index < -0.39 is 23.8 Å². The topological polar surface area (TPSA) is 46.2 Å². The number of hydrogen-bond acceptors (Lipinski definition) is 2. The van der Waals surface area contributed by atoms with Crippen molar-refractivity contribution in [2.24, 2.45) is 5.73 Å². The van der Waals surface area contributed by atoms with E-state index in [2.05, 4.69) is 0 Å². The molecule has 3 N–H and O–H groups in total. The van der Waals surface area contributed by atoms with Crippen LogP contribution >= 0.6 is 0 Å². The molecule has 1 aromatic rings. The van der Waals surface area contributed by atoms with Gasteiger partial charge in [0.2, 0.25) is 0 Å². The van der Waals surface area contributed by atoms with Gasteiger partial charge in [0.05, 0.1) is 12.1 Å². The van der Waals surface area contributed by atoms with Crippen molar-refractivity contribution >= 4 is 0 Å². The second kappa shape index (κ2) is 3.81. The van der Waals surface area contributed by atoms with Gasteiger partial charge in [-0.2, -0.15) is 0 Å². The summed E-state index contributed by atoms with van der Waals surface area (Å²) in [6.45, 7) is 1.39. The number of halogens is 2. The monoisotopic (exact) mass is 187 g/mol. The highest BCUT2D eigenvalue weighted by Crippen LogP contribution is 2.20. The molecule has 1 aromatic carbocycles. The normalized spacial score (nSPS) is 15.5. The largest absolute Gasteiger partial charge is 0.391 e. The molecule has 13 heavy (non-hydrogen) atoms. The molecule has 0 aliphatic rings. The predicted octanol–water partition coefficient (Wildman–Crippen LogP) is 1.35. The van der Waals surface area contributed by atoms with E-state index in [0.717, 1.165) is 12.1 Å². The summed E-state index contributed by atoms with van der Waals surface area (Å²) < 4.78 is 26.1. The maximum Gasteiger partial charge on any atom is 0.131 e. The Labute approximate surface area is 75.0 Å². The summed E-state index contributed by atoms with van der Waals surface area (Å²) in [5.41, 5.74) is 5.14. The maximum absolute atomic E-state index is 13.0. The van der Waals surface area contributed by atoms with Crippen molar-refractivity contribution in [2.75, 3.05) is 0 Å². The van der Waals surface area contributed by atoms with Crippen molar-refractivity contribution in [3.05, 3.63) is 35.4 Å². The lowest BCUT2D eigenvalue weighted by molar-refractivity contribution is 0.160. The molecule has 0 saturated heterocycles. The van der Waals surface area contributed by atoms with Crippen molar-refractivity contribution in [3.8, 4) is 0 Å². The van der Waals surface area contributed by atoms with E-state index in [9.17, 15) is 8.78 Å². The molecule has 2 atom stereocenters. The van der Waals surface area contributed by atoms with Crippen LogP contribution in [0.1, 0.15) is 18.5 Å². The lowest BCUT2D eigenvalue weighted by Gasteiger charge is -2.16. The van der Waals surface area contributed by atoms with E-state index in [0.29, 0.717) is 0 Å². The SMILES string of the molecule is C[C@@H](O)[C@H](N)c1c(F)cccc1F. The fourth-order valence-electron chi connectivity index (χ4n) is 1.07. The minimum absolute atomic E-state index is 0.266. The standard InChI is InChI=1S/C9H11F2NO/c1-5(13)9(12)8-6(10)3-2-4-7(8)11/h2-5,9,13H,12H2,1H3/t5-,9+/m1/s1. The molecule has 0 aliphatic carbocycles. The third-order valence-electron chi connectivity index (χ3n) is 1.85. The van der Waals surface area contributed by atoms with Gasteiger partial charge in [-0.25, -0.2) is 8.78 Å². The van der Waals surface area contributed by atoms with E-state index in [1.165, 1.54) is 13.0 Å². The lowest BCUT2D eigenvalue weighted by atomic mass is 10.0. The minimum Gasteiger partial charge on any atom is -0.391 e. The summed E-state index contributed by atoms with van der Waals surface area (Å²) in [6.07, 6.45) is -0.980. The fourth-order valence-corrected chi connectivity index (χ4v) is 1.07. The second-order valence-corrected chi connectivity index (χ2v) is 2.90. The van der Waals surface area contributed by atoms with Gasteiger partial charge in [0, 0.05) is 5.56 Å². The van der Waals surface area contributed by atoms with Crippen molar-refractivity contribution in [3.63, 3.8) is 0 Å². The van der Waals surface area contributed by atoms with Crippen LogP contribution in [0.2, 0.25) is 0 Å². The van der Waals surface area contributed by atoms with E-state index in [1.54, 1.807) is 0 Å². The molecule has 72 valence electrons. The van der Waals surface area contributed by atoms with Gasteiger partial charge >= 0.3 is 0 Å². The van der Waals surface area contributed by atoms with Gasteiger partial charge in [0.15, 0.2) is 0 Å². The quantitative estimate of drug-likeness (QED) is 0.734. The number of benzene rings is 1. The Morgan fingerprint density at radius 3 is 2.15 bits per heavy atom. The Morgan fingerprint density at radius 1 is 1.31 bits per heavy atom. The van der Waals surface area contributed by atoms with Gasteiger partial charge in [0.25, 0.3) is 0 Å². The van der Waals surface area contributed by atoms with E-state index in [-0.39, 0.29) is 5.56 Å². The number of aliphatic hydroxyl groups is 1. The molecule has 4 heteroatoms. The van der Waals surface area contributed by atoms with Gasteiger partial charge in [-0.3, -0.25) is 0 Å². The van der Waals surface area contributed by atoms with Crippen LogP contribution in [0.5, 0.6) is 0 Å². The first-order valence-electron chi connectivity index (χ1n) is 3.91. The summed E-state index contributed by atoms with van der Waals surface area (Å²) in [4.78, 5) is 0. The Morgan fingerprint density at radius 2 is 1.77 bits per heavy atom. The van der Waals surface area contributed by atoms with Gasteiger partial charge in [-0.15, -0.1) is 0 Å². The zero-order chi connectivity index (χ0) is 10.0. The van der Waals surface area contributed by atoms with Crippen molar-refractivity contribution in [2.45, 2.75) is 19.1 Å². The third kappa shape index (κ3) is 2.02. The minimum atomic E-state index is -1.03. The fraction of sp³-hybridized carbons (Fsp3) is 0.333. The molecule has 1 rings (SSSR count). The summed E-state index contributed by atoms with van der Waals surface area (Å²) in [5.74, 6) is -1.46.